The van der Waals surface area contributed by atoms with Crippen molar-refractivity contribution in [2.75, 3.05) is 52.8 Å². The Labute approximate surface area is 218 Å². The van der Waals surface area contributed by atoms with Gasteiger partial charge in [-0.15, -0.1) is 0 Å². The molecule has 0 aliphatic carbocycles. The molecule has 11 heteroatoms. The van der Waals surface area contributed by atoms with E-state index in [-0.39, 0.29) is 22.9 Å². The molecule has 1 aliphatic heterocycles. The zero-order chi connectivity index (χ0) is 26.5. The molecule has 2 aromatic carbocycles. The van der Waals surface area contributed by atoms with Crippen molar-refractivity contribution in [1.29, 1.82) is 0 Å². The first-order chi connectivity index (χ1) is 17.8. The van der Waals surface area contributed by atoms with E-state index >= 15 is 0 Å². The summed E-state index contributed by atoms with van der Waals surface area (Å²) in [5, 5.41) is 6.54. The highest BCUT2D eigenvalue weighted by Crippen LogP contribution is 2.34. The van der Waals surface area contributed by atoms with E-state index < -0.39 is 17.7 Å². The van der Waals surface area contributed by atoms with Crippen LogP contribution in [0.15, 0.2) is 48.5 Å². The van der Waals surface area contributed by atoms with Gasteiger partial charge in [0, 0.05) is 52.3 Å². The minimum atomic E-state index is -0.925. The van der Waals surface area contributed by atoms with Gasteiger partial charge in [-0.25, -0.2) is 18.6 Å². The van der Waals surface area contributed by atoms with E-state index in [0.29, 0.717) is 42.5 Å². The predicted molar refractivity (Wildman–Crippen MR) is 139 cm³/mol. The fraction of sp³-hybridized carbons (Fsp3) is 0.346. The number of benzene rings is 2. The van der Waals surface area contributed by atoms with Crippen LogP contribution in [-0.2, 0) is 4.74 Å². The Morgan fingerprint density at radius 1 is 1.14 bits per heavy atom. The SMILES string of the molecule is COCCN1CC(NC(=O)Nc2sc(C(=O)N(C)C)nc2-c2ccccc2)C(c2ccc(F)c(F)c2)C1. The second-order valence-electron chi connectivity index (χ2n) is 9.00. The molecule has 8 nitrogen and oxygen atoms in total. The topological polar surface area (TPSA) is 86.8 Å². The maximum atomic E-state index is 14.0. The van der Waals surface area contributed by atoms with Crippen molar-refractivity contribution in [2.45, 2.75) is 12.0 Å². The van der Waals surface area contributed by atoms with Gasteiger partial charge in [0.2, 0.25) is 0 Å². The number of carbonyl (C=O) groups excluding carboxylic acids is 2. The first kappa shape index (κ1) is 26.6. The van der Waals surface area contributed by atoms with Gasteiger partial charge in [0.1, 0.15) is 10.7 Å². The number of likely N-dealkylation sites (tertiary alicyclic amines) is 1. The van der Waals surface area contributed by atoms with Crippen LogP contribution in [0.5, 0.6) is 0 Å². The van der Waals surface area contributed by atoms with Crippen molar-refractivity contribution < 1.29 is 23.1 Å². The molecule has 3 amide bonds. The molecule has 3 aromatic rings. The number of amides is 3. The van der Waals surface area contributed by atoms with E-state index in [2.05, 4.69) is 20.5 Å². The van der Waals surface area contributed by atoms with Gasteiger partial charge in [-0.05, 0) is 17.7 Å². The maximum Gasteiger partial charge on any atom is 0.320 e. The van der Waals surface area contributed by atoms with E-state index in [1.54, 1.807) is 27.3 Å². The van der Waals surface area contributed by atoms with Crippen molar-refractivity contribution in [3.05, 3.63) is 70.7 Å². The molecule has 2 heterocycles. The minimum Gasteiger partial charge on any atom is -0.383 e. The minimum absolute atomic E-state index is 0.251. The first-order valence-corrected chi connectivity index (χ1v) is 12.6. The van der Waals surface area contributed by atoms with Crippen molar-refractivity contribution in [1.82, 2.24) is 20.1 Å². The van der Waals surface area contributed by atoms with Crippen LogP contribution in [0.4, 0.5) is 18.6 Å². The summed E-state index contributed by atoms with van der Waals surface area (Å²) in [6.45, 7) is 2.21. The second-order valence-corrected chi connectivity index (χ2v) is 10.00. The number of halogens is 2. The van der Waals surface area contributed by atoms with E-state index in [1.807, 2.05) is 30.3 Å². The number of hydrogen-bond donors (Lipinski definition) is 2. The van der Waals surface area contributed by atoms with E-state index in [9.17, 15) is 18.4 Å². The summed E-state index contributed by atoms with van der Waals surface area (Å²) in [4.78, 5) is 33.8. The average molecular weight is 530 g/mol. The number of rotatable bonds is 8. The van der Waals surface area contributed by atoms with E-state index in [1.165, 1.54) is 11.0 Å². The fourth-order valence-electron chi connectivity index (χ4n) is 4.30. The number of hydrogen-bond acceptors (Lipinski definition) is 6. The van der Waals surface area contributed by atoms with Crippen LogP contribution in [0.1, 0.15) is 21.3 Å². The van der Waals surface area contributed by atoms with E-state index in [0.717, 1.165) is 23.0 Å². The molecule has 37 heavy (non-hydrogen) atoms. The summed E-state index contributed by atoms with van der Waals surface area (Å²) < 4.78 is 32.7. The Morgan fingerprint density at radius 2 is 1.89 bits per heavy atom. The van der Waals surface area contributed by atoms with Gasteiger partial charge in [0.05, 0.1) is 12.6 Å². The predicted octanol–water partition coefficient (Wildman–Crippen LogP) is 4.03. The smallest absolute Gasteiger partial charge is 0.320 e. The van der Waals surface area contributed by atoms with Gasteiger partial charge in [-0.1, -0.05) is 47.7 Å². The molecule has 2 unspecified atom stereocenters. The molecule has 0 radical (unpaired) electrons. The fourth-order valence-corrected chi connectivity index (χ4v) is 5.31. The van der Waals surface area contributed by atoms with Crippen LogP contribution >= 0.6 is 11.3 Å². The summed E-state index contributed by atoms with van der Waals surface area (Å²) >= 11 is 1.10. The zero-order valence-corrected chi connectivity index (χ0v) is 21.6. The molecule has 1 saturated heterocycles. The molecular formula is C26H29F2N5O3S. The maximum absolute atomic E-state index is 14.0. The lowest BCUT2D eigenvalue weighted by molar-refractivity contribution is 0.0827. The molecule has 2 N–H and O–H groups in total. The van der Waals surface area contributed by atoms with Crippen LogP contribution in [0.25, 0.3) is 11.3 Å². The van der Waals surface area contributed by atoms with Crippen molar-refractivity contribution in [2.24, 2.45) is 0 Å². The highest BCUT2D eigenvalue weighted by Gasteiger charge is 2.35. The number of ether oxygens (including phenoxy) is 1. The number of anilines is 1. The molecule has 1 aromatic heterocycles. The third-order valence-electron chi connectivity index (χ3n) is 6.19. The van der Waals surface area contributed by atoms with Crippen LogP contribution in [-0.4, -0.2) is 80.2 Å². The number of urea groups is 1. The average Bonchev–Trinajstić information content (AvgIpc) is 3.48. The van der Waals surface area contributed by atoms with E-state index in [4.69, 9.17) is 4.74 Å². The number of nitrogens with one attached hydrogen (secondary N) is 2. The van der Waals surface area contributed by atoms with Crippen LogP contribution in [0.3, 0.4) is 0 Å². The molecule has 196 valence electrons. The Morgan fingerprint density at radius 3 is 2.57 bits per heavy atom. The lowest BCUT2D eigenvalue weighted by atomic mass is 9.94. The normalized spacial score (nSPS) is 17.5. The number of aromatic nitrogens is 1. The molecule has 2 atom stereocenters. The Balaban J connectivity index is 1.56. The highest BCUT2D eigenvalue weighted by molar-refractivity contribution is 7.18. The van der Waals surface area contributed by atoms with Gasteiger partial charge >= 0.3 is 6.03 Å². The van der Waals surface area contributed by atoms with Crippen molar-refractivity contribution in [3.63, 3.8) is 0 Å². The van der Waals surface area contributed by atoms with Crippen LogP contribution in [0.2, 0.25) is 0 Å². The number of thiazole rings is 1. The Kier molecular flexibility index (Phi) is 8.47. The van der Waals surface area contributed by atoms with Gasteiger partial charge in [-0.2, -0.15) is 0 Å². The third kappa shape index (κ3) is 6.30. The Hall–Kier alpha value is -3.41. The highest BCUT2D eigenvalue weighted by atomic mass is 32.1. The summed E-state index contributed by atoms with van der Waals surface area (Å²) in [6, 6.07) is 12.3. The summed E-state index contributed by atoms with van der Waals surface area (Å²) in [5.74, 6) is -2.36. The van der Waals surface area contributed by atoms with Gasteiger partial charge < -0.3 is 15.0 Å². The van der Waals surface area contributed by atoms with Crippen LogP contribution in [0, 0.1) is 11.6 Å². The van der Waals surface area contributed by atoms with Gasteiger partial charge in [0.25, 0.3) is 5.91 Å². The number of carbonyl (C=O) groups is 2. The molecule has 1 fully saturated rings. The van der Waals surface area contributed by atoms with Gasteiger partial charge in [-0.3, -0.25) is 15.0 Å². The molecule has 0 spiro atoms. The zero-order valence-electron chi connectivity index (χ0n) is 20.8. The van der Waals surface area contributed by atoms with Crippen LogP contribution < -0.4 is 10.6 Å². The van der Waals surface area contributed by atoms with Crippen molar-refractivity contribution >= 4 is 28.3 Å². The summed E-state index contributed by atoms with van der Waals surface area (Å²) in [7, 11) is 4.89. The second kappa shape index (κ2) is 11.8. The lowest BCUT2D eigenvalue weighted by Gasteiger charge is -2.20. The quantitative estimate of drug-likeness (QED) is 0.460. The number of methoxy groups -OCH3 is 1. The largest absolute Gasteiger partial charge is 0.383 e. The van der Waals surface area contributed by atoms with Crippen molar-refractivity contribution in [3.8, 4) is 11.3 Å². The summed E-state index contributed by atoms with van der Waals surface area (Å²) in [6.07, 6.45) is 0. The molecular weight excluding hydrogens is 500 g/mol. The molecule has 1 aliphatic rings. The first-order valence-electron chi connectivity index (χ1n) is 11.8. The van der Waals surface area contributed by atoms with Gasteiger partial charge in [0.15, 0.2) is 16.6 Å². The third-order valence-corrected chi connectivity index (χ3v) is 7.14. The molecule has 0 bridgehead atoms. The number of nitrogens with zero attached hydrogens (tertiary/aromatic N) is 3. The monoisotopic (exact) mass is 529 g/mol. The molecule has 4 rings (SSSR count). The lowest BCUT2D eigenvalue weighted by Crippen LogP contribution is -2.42. The molecule has 0 saturated carbocycles. The standard InChI is InChI=1S/C26H29F2N5O3S/c1-32(2)25(34)24-30-22(16-7-5-4-6-8-16)23(37-24)31-26(35)29-21-15-33(11-12-36-3)14-18(21)17-9-10-19(27)20(28)13-17/h4-10,13,18,21H,11-12,14-15H2,1-3H3,(H2,29,31,35). The summed E-state index contributed by atoms with van der Waals surface area (Å²) in [5.41, 5.74) is 1.86. The Bertz CT molecular complexity index is 1250.